The molecule has 1 aliphatic heterocycles. The summed E-state index contributed by atoms with van der Waals surface area (Å²) < 4.78 is 11.1. The van der Waals surface area contributed by atoms with Crippen molar-refractivity contribution < 1.29 is 24.2 Å². The molecular formula is C21H23NO5. The molecule has 0 spiro atoms. The predicted molar refractivity (Wildman–Crippen MR) is 100 cm³/mol. The lowest BCUT2D eigenvalue weighted by Crippen LogP contribution is -2.37. The first-order valence-corrected chi connectivity index (χ1v) is 8.94. The van der Waals surface area contributed by atoms with Gasteiger partial charge in [0, 0.05) is 30.8 Å². The van der Waals surface area contributed by atoms with Crippen molar-refractivity contribution in [1.82, 2.24) is 4.90 Å². The van der Waals surface area contributed by atoms with Gasteiger partial charge in [-0.3, -0.25) is 4.79 Å². The summed E-state index contributed by atoms with van der Waals surface area (Å²) >= 11 is 0. The molecule has 1 amide bonds. The maximum atomic E-state index is 13.1. The normalized spacial score (nSPS) is 16.1. The van der Waals surface area contributed by atoms with Crippen molar-refractivity contribution in [3.63, 3.8) is 0 Å². The lowest BCUT2D eigenvalue weighted by Gasteiger charge is -2.26. The number of rotatable bonds is 7. The Labute approximate surface area is 158 Å². The number of benzene rings is 2. The summed E-state index contributed by atoms with van der Waals surface area (Å²) in [4.78, 5) is 26.1. The second-order valence-corrected chi connectivity index (χ2v) is 6.52. The van der Waals surface area contributed by atoms with Gasteiger partial charge in [0.05, 0.1) is 18.8 Å². The summed E-state index contributed by atoms with van der Waals surface area (Å²) in [5.74, 6) is -0.568. The third-order valence-electron chi connectivity index (χ3n) is 4.65. The van der Waals surface area contributed by atoms with Crippen LogP contribution in [0.4, 0.5) is 0 Å². The Morgan fingerprint density at radius 1 is 1.19 bits per heavy atom. The molecule has 0 radical (unpaired) electrons. The second kappa shape index (κ2) is 8.68. The van der Waals surface area contributed by atoms with E-state index >= 15 is 0 Å². The Bertz CT molecular complexity index is 814. The molecule has 0 aliphatic carbocycles. The summed E-state index contributed by atoms with van der Waals surface area (Å²) in [5.41, 5.74) is 1.33. The number of carboxylic acid groups (broad SMARTS) is 1. The molecule has 1 fully saturated rings. The van der Waals surface area contributed by atoms with Gasteiger partial charge in [-0.1, -0.05) is 24.3 Å². The molecule has 0 saturated carbocycles. The van der Waals surface area contributed by atoms with Gasteiger partial charge in [-0.15, -0.1) is 0 Å². The van der Waals surface area contributed by atoms with E-state index in [1.54, 1.807) is 24.1 Å². The smallest absolute Gasteiger partial charge is 0.335 e. The number of carboxylic acids is 1. The number of ether oxygens (including phenoxy) is 2. The number of amides is 1. The molecule has 0 bridgehead atoms. The standard InChI is InChI=1S/C21H23NO5/c1-26-19-10-3-2-6-17(19)13-22(14-18-9-5-11-27-18)20(23)15-7-4-8-16(12-15)21(24)25/h2-4,6-8,10,12,18H,5,9,11,13-14H2,1H3,(H,24,25). The molecular weight excluding hydrogens is 346 g/mol. The van der Waals surface area contributed by atoms with Gasteiger partial charge in [-0.05, 0) is 37.1 Å². The number of carbonyl (C=O) groups excluding carboxylic acids is 1. The zero-order valence-corrected chi connectivity index (χ0v) is 15.3. The molecule has 1 N–H and O–H groups in total. The van der Waals surface area contributed by atoms with Gasteiger partial charge in [0.15, 0.2) is 0 Å². The van der Waals surface area contributed by atoms with Crippen molar-refractivity contribution in [3.05, 3.63) is 65.2 Å². The van der Waals surface area contributed by atoms with Crippen molar-refractivity contribution in [3.8, 4) is 5.75 Å². The summed E-state index contributed by atoms with van der Waals surface area (Å²) in [6.07, 6.45) is 1.88. The summed E-state index contributed by atoms with van der Waals surface area (Å²) in [6.45, 7) is 1.52. The molecule has 27 heavy (non-hydrogen) atoms. The molecule has 1 atom stereocenters. The average Bonchev–Trinajstić information content (AvgIpc) is 3.20. The number of hydrogen-bond donors (Lipinski definition) is 1. The van der Waals surface area contributed by atoms with Crippen LogP contribution < -0.4 is 4.74 Å². The van der Waals surface area contributed by atoms with Crippen molar-refractivity contribution in [1.29, 1.82) is 0 Å². The first kappa shape index (κ1) is 18.9. The summed E-state index contributed by atoms with van der Waals surface area (Å²) in [6, 6.07) is 13.7. The van der Waals surface area contributed by atoms with Gasteiger partial charge in [-0.25, -0.2) is 4.79 Å². The Morgan fingerprint density at radius 3 is 2.67 bits per heavy atom. The van der Waals surface area contributed by atoms with Crippen LogP contribution in [0.2, 0.25) is 0 Å². The Morgan fingerprint density at radius 2 is 1.96 bits per heavy atom. The predicted octanol–water partition coefficient (Wildman–Crippen LogP) is 3.21. The van der Waals surface area contributed by atoms with Crippen LogP contribution >= 0.6 is 0 Å². The number of methoxy groups -OCH3 is 1. The Kier molecular flexibility index (Phi) is 6.08. The molecule has 1 aliphatic rings. The fourth-order valence-corrected chi connectivity index (χ4v) is 3.26. The Hall–Kier alpha value is -2.86. The number of para-hydroxylation sites is 1. The molecule has 0 aromatic heterocycles. The van der Waals surface area contributed by atoms with E-state index in [9.17, 15) is 14.7 Å². The fraction of sp³-hybridized carbons (Fsp3) is 0.333. The zero-order valence-electron chi connectivity index (χ0n) is 15.3. The van der Waals surface area contributed by atoms with Gasteiger partial charge in [0.25, 0.3) is 5.91 Å². The second-order valence-electron chi connectivity index (χ2n) is 6.52. The highest BCUT2D eigenvalue weighted by atomic mass is 16.5. The van der Waals surface area contributed by atoms with E-state index < -0.39 is 5.97 Å². The van der Waals surface area contributed by atoms with Gasteiger partial charge in [0.1, 0.15) is 5.75 Å². The van der Waals surface area contributed by atoms with Crippen molar-refractivity contribution in [2.45, 2.75) is 25.5 Å². The van der Waals surface area contributed by atoms with Gasteiger partial charge < -0.3 is 19.5 Å². The minimum atomic E-state index is -1.06. The number of carbonyl (C=O) groups is 2. The quantitative estimate of drug-likeness (QED) is 0.811. The third-order valence-corrected chi connectivity index (χ3v) is 4.65. The number of aromatic carboxylic acids is 1. The molecule has 3 rings (SSSR count). The van der Waals surface area contributed by atoms with Crippen LogP contribution in [0.3, 0.4) is 0 Å². The molecule has 2 aromatic carbocycles. The first-order chi connectivity index (χ1) is 13.1. The molecule has 6 heteroatoms. The third kappa shape index (κ3) is 4.65. The largest absolute Gasteiger partial charge is 0.496 e. The summed E-state index contributed by atoms with van der Waals surface area (Å²) in [5, 5.41) is 9.20. The van der Waals surface area contributed by atoms with E-state index in [-0.39, 0.29) is 17.6 Å². The topological polar surface area (TPSA) is 76.1 Å². The maximum Gasteiger partial charge on any atom is 0.335 e. The maximum absolute atomic E-state index is 13.1. The lowest BCUT2D eigenvalue weighted by atomic mass is 10.1. The minimum Gasteiger partial charge on any atom is -0.496 e. The summed E-state index contributed by atoms with van der Waals surface area (Å²) in [7, 11) is 1.60. The van der Waals surface area contributed by atoms with Gasteiger partial charge >= 0.3 is 5.97 Å². The SMILES string of the molecule is COc1ccccc1CN(CC1CCCO1)C(=O)c1cccc(C(=O)O)c1. The van der Waals surface area contributed by atoms with Crippen LogP contribution in [0.25, 0.3) is 0 Å². The van der Waals surface area contributed by atoms with Gasteiger partial charge in [-0.2, -0.15) is 0 Å². The van der Waals surface area contributed by atoms with Crippen molar-refractivity contribution in [2.24, 2.45) is 0 Å². The minimum absolute atomic E-state index is 0.00804. The van der Waals surface area contributed by atoms with Crippen LogP contribution in [0.15, 0.2) is 48.5 Å². The molecule has 142 valence electrons. The van der Waals surface area contributed by atoms with Crippen LogP contribution in [0, 0.1) is 0 Å². The zero-order chi connectivity index (χ0) is 19.2. The molecule has 2 aromatic rings. The van der Waals surface area contributed by atoms with Crippen molar-refractivity contribution >= 4 is 11.9 Å². The van der Waals surface area contributed by atoms with E-state index in [0.29, 0.717) is 31.0 Å². The molecule has 1 heterocycles. The van der Waals surface area contributed by atoms with Crippen LogP contribution in [0.5, 0.6) is 5.75 Å². The molecule has 6 nitrogen and oxygen atoms in total. The average molecular weight is 369 g/mol. The fourth-order valence-electron chi connectivity index (χ4n) is 3.26. The molecule has 1 saturated heterocycles. The highest BCUT2D eigenvalue weighted by Gasteiger charge is 2.25. The van der Waals surface area contributed by atoms with Gasteiger partial charge in [0.2, 0.25) is 0 Å². The molecule has 1 unspecified atom stereocenters. The van der Waals surface area contributed by atoms with E-state index in [2.05, 4.69) is 0 Å². The first-order valence-electron chi connectivity index (χ1n) is 8.94. The van der Waals surface area contributed by atoms with E-state index in [1.165, 1.54) is 12.1 Å². The van der Waals surface area contributed by atoms with E-state index in [1.807, 2.05) is 24.3 Å². The number of hydrogen-bond acceptors (Lipinski definition) is 4. The highest BCUT2D eigenvalue weighted by Crippen LogP contribution is 2.22. The monoisotopic (exact) mass is 369 g/mol. The van der Waals surface area contributed by atoms with Crippen molar-refractivity contribution in [2.75, 3.05) is 20.3 Å². The van der Waals surface area contributed by atoms with Crippen LogP contribution in [-0.4, -0.2) is 48.2 Å². The van der Waals surface area contributed by atoms with E-state index in [4.69, 9.17) is 9.47 Å². The Balaban J connectivity index is 1.87. The van der Waals surface area contributed by atoms with Crippen LogP contribution in [0.1, 0.15) is 39.1 Å². The van der Waals surface area contributed by atoms with E-state index in [0.717, 1.165) is 18.4 Å². The van der Waals surface area contributed by atoms with Crippen LogP contribution in [-0.2, 0) is 11.3 Å². The lowest BCUT2D eigenvalue weighted by molar-refractivity contribution is 0.0505. The number of nitrogens with zero attached hydrogens (tertiary/aromatic N) is 1. The highest BCUT2D eigenvalue weighted by molar-refractivity contribution is 5.97.